The van der Waals surface area contributed by atoms with Crippen LogP contribution in [0.15, 0.2) is 12.4 Å². The molecule has 0 N–H and O–H groups in total. The summed E-state index contributed by atoms with van der Waals surface area (Å²) in [6, 6.07) is 0. The van der Waals surface area contributed by atoms with Crippen LogP contribution in [0.3, 0.4) is 0 Å². The van der Waals surface area contributed by atoms with Gasteiger partial charge in [0.15, 0.2) is 0 Å². The van der Waals surface area contributed by atoms with Crippen molar-refractivity contribution in [2.45, 2.75) is 56.3 Å². The van der Waals surface area contributed by atoms with Gasteiger partial charge in [-0.15, -0.1) is 0 Å². The maximum absolute atomic E-state index is 4.42. The molecule has 1 fully saturated rings. The van der Waals surface area contributed by atoms with Gasteiger partial charge < -0.3 is 0 Å². The highest BCUT2D eigenvalue weighted by atomic mass is 79.9. The Bertz CT molecular complexity index is 334. The van der Waals surface area contributed by atoms with Gasteiger partial charge >= 0.3 is 0 Å². The molecule has 0 aliphatic heterocycles. The molecule has 1 aliphatic rings. The van der Waals surface area contributed by atoms with Gasteiger partial charge in [0.2, 0.25) is 0 Å². The number of aromatic nitrogens is 2. The molecule has 84 valence electrons. The average molecular weight is 271 g/mol. The molecule has 1 saturated carbocycles. The summed E-state index contributed by atoms with van der Waals surface area (Å²) in [4.78, 5) is 0.692. The number of hydrogen-bond donors (Lipinski definition) is 0. The number of nitrogens with zero attached hydrogens (tertiary/aromatic N) is 2. The van der Waals surface area contributed by atoms with Gasteiger partial charge in [-0.3, -0.25) is 4.68 Å². The highest BCUT2D eigenvalue weighted by molar-refractivity contribution is 9.09. The summed E-state index contributed by atoms with van der Waals surface area (Å²) in [5.74, 6) is 0. The summed E-state index contributed by atoms with van der Waals surface area (Å²) < 4.78 is 2.07. The van der Waals surface area contributed by atoms with Crippen LogP contribution in [0.1, 0.15) is 45.1 Å². The Morgan fingerprint density at radius 1 is 1.67 bits per heavy atom. The predicted octanol–water partition coefficient (Wildman–Crippen LogP) is 3.50. The van der Waals surface area contributed by atoms with E-state index >= 15 is 0 Å². The Balaban J connectivity index is 2.14. The number of hydrogen-bond acceptors (Lipinski definition) is 1. The first-order valence-electron chi connectivity index (χ1n) is 5.81. The summed E-state index contributed by atoms with van der Waals surface area (Å²) in [6.45, 7) is 5.59. The van der Waals surface area contributed by atoms with Crippen LogP contribution in [0, 0.1) is 0 Å². The minimum absolute atomic E-state index is 0.347. The quantitative estimate of drug-likeness (QED) is 0.769. The lowest BCUT2D eigenvalue weighted by atomic mass is 9.83. The molecule has 2 nitrogen and oxygen atoms in total. The van der Waals surface area contributed by atoms with E-state index in [-0.39, 0.29) is 0 Å². The summed E-state index contributed by atoms with van der Waals surface area (Å²) >= 11 is 3.72. The third-order valence-corrected chi connectivity index (χ3v) is 4.25. The van der Waals surface area contributed by atoms with Crippen molar-refractivity contribution in [3.05, 3.63) is 18.0 Å². The lowest BCUT2D eigenvalue weighted by molar-refractivity contribution is 0.491. The zero-order valence-corrected chi connectivity index (χ0v) is 11.1. The third kappa shape index (κ3) is 2.27. The topological polar surface area (TPSA) is 17.8 Å². The molecule has 0 spiro atoms. The summed E-state index contributed by atoms with van der Waals surface area (Å²) in [7, 11) is 0. The first-order chi connectivity index (χ1) is 7.14. The van der Waals surface area contributed by atoms with Gasteiger partial charge in [-0.25, -0.2) is 0 Å². The van der Waals surface area contributed by atoms with Crippen LogP contribution < -0.4 is 0 Å². The highest BCUT2D eigenvalue weighted by Crippen LogP contribution is 2.43. The first kappa shape index (κ1) is 11.2. The van der Waals surface area contributed by atoms with Crippen molar-refractivity contribution in [2.24, 2.45) is 0 Å². The van der Waals surface area contributed by atoms with E-state index in [0.717, 1.165) is 13.0 Å². The first-order valence-corrected chi connectivity index (χ1v) is 6.72. The van der Waals surface area contributed by atoms with Gasteiger partial charge in [-0.2, -0.15) is 5.10 Å². The van der Waals surface area contributed by atoms with Crippen LogP contribution >= 0.6 is 15.9 Å². The van der Waals surface area contributed by atoms with E-state index in [1.807, 2.05) is 0 Å². The molecule has 1 aliphatic carbocycles. The zero-order valence-electron chi connectivity index (χ0n) is 9.54. The Labute approximate surface area is 100 Å². The van der Waals surface area contributed by atoms with Gasteiger partial charge in [-0.1, -0.05) is 29.8 Å². The van der Waals surface area contributed by atoms with E-state index in [2.05, 4.69) is 52.0 Å². The van der Waals surface area contributed by atoms with Gasteiger partial charge in [0, 0.05) is 17.6 Å². The number of alkyl halides is 1. The molecule has 2 atom stereocenters. The summed E-state index contributed by atoms with van der Waals surface area (Å²) in [6.07, 6.45) is 9.25. The molecule has 1 aromatic rings. The fourth-order valence-corrected chi connectivity index (χ4v) is 3.40. The van der Waals surface area contributed by atoms with E-state index < -0.39 is 0 Å². The molecule has 3 heteroatoms. The van der Waals surface area contributed by atoms with Crippen molar-refractivity contribution in [1.82, 2.24) is 9.78 Å². The minimum atomic E-state index is 0.347. The second-order valence-electron chi connectivity index (χ2n) is 4.89. The van der Waals surface area contributed by atoms with Crippen molar-refractivity contribution in [3.8, 4) is 0 Å². The summed E-state index contributed by atoms with van der Waals surface area (Å²) in [5.41, 5.74) is 1.76. The molecule has 0 aromatic carbocycles. The Kier molecular flexibility index (Phi) is 3.19. The van der Waals surface area contributed by atoms with E-state index in [1.54, 1.807) is 0 Å². The molecular weight excluding hydrogens is 252 g/mol. The maximum Gasteiger partial charge on any atom is 0.0527 e. The molecule has 0 amide bonds. The van der Waals surface area contributed by atoms with Gasteiger partial charge in [0.1, 0.15) is 0 Å². The summed E-state index contributed by atoms with van der Waals surface area (Å²) in [5, 5.41) is 4.42. The SMILES string of the molecule is CCCn1cc(C2(C)CCC(Br)C2)cn1. The molecule has 2 rings (SSSR count). The fourth-order valence-electron chi connectivity index (χ4n) is 2.46. The molecule has 2 unspecified atom stereocenters. The molecule has 1 aromatic heterocycles. The van der Waals surface area contributed by atoms with Gasteiger partial charge in [-0.05, 0) is 36.7 Å². The molecule has 0 radical (unpaired) electrons. The highest BCUT2D eigenvalue weighted by Gasteiger charge is 2.36. The van der Waals surface area contributed by atoms with Gasteiger partial charge in [0.25, 0.3) is 0 Å². The van der Waals surface area contributed by atoms with Crippen LogP contribution in [-0.4, -0.2) is 14.6 Å². The minimum Gasteiger partial charge on any atom is -0.272 e. The van der Waals surface area contributed by atoms with E-state index in [4.69, 9.17) is 0 Å². The second kappa shape index (κ2) is 4.28. The number of halogens is 1. The average Bonchev–Trinajstić information content (AvgIpc) is 2.75. The van der Waals surface area contributed by atoms with Gasteiger partial charge in [0.05, 0.1) is 6.20 Å². The fraction of sp³-hybridized carbons (Fsp3) is 0.750. The monoisotopic (exact) mass is 270 g/mol. The molecule has 1 heterocycles. The standard InChI is InChI=1S/C12H19BrN2/c1-3-6-15-9-10(8-14-15)12(2)5-4-11(13)7-12/h8-9,11H,3-7H2,1-2H3. The number of aryl methyl sites for hydroxylation is 1. The lowest BCUT2D eigenvalue weighted by Crippen LogP contribution is -2.17. The number of rotatable bonds is 3. The zero-order chi connectivity index (χ0) is 10.9. The van der Waals surface area contributed by atoms with Crippen LogP contribution in [0.25, 0.3) is 0 Å². The molecule has 15 heavy (non-hydrogen) atoms. The Morgan fingerprint density at radius 2 is 2.47 bits per heavy atom. The van der Waals surface area contributed by atoms with E-state index in [9.17, 15) is 0 Å². The molecule has 0 saturated heterocycles. The maximum atomic E-state index is 4.42. The van der Waals surface area contributed by atoms with Crippen LogP contribution in [0.2, 0.25) is 0 Å². The van der Waals surface area contributed by atoms with Crippen molar-refractivity contribution in [2.75, 3.05) is 0 Å². The van der Waals surface area contributed by atoms with Crippen LogP contribution in [0.4, 0.5) is 0 Å². The predicted molar refractivity (Wildman–Crippen MR) is 66.4 cm³/mol. The van der Waals surface area contributed by atoms with Crippen molar-refractivity contribution in [1.29, 1.82) is 0 Å². The van der Waals surface area contributed by atoms with E-state index in [0.29, 0.717) is 10.2 Å². The van der Waals surface area contributed by atoms with Crippen LogP contribution in [0.5, 0.6) is 0 Å². The van der Waals surface area contributed by atoms with E-state index in [1.165, 1.54) is 24.8 Å². The molecular formula is C12H19BrN2. The Morgan fingerprint density at radius 3 is 3.07 bits per heavy atom. The van der Waals surface area contributed by atoms with Crippen molar-refractivity contribution >= 4 is 15.9 Å². The second-order valence-corrected chi connectivity index (χ2v) is 6.19. The van der Waals surface area contributed by atoms with Crippen molar-refractivity contribution in [3.63, 3.8) is 0 Å². The Hall–Kier alpha value is -0.310. The molecule has 0 bridgehead atoms. The van der Waals surface area contributed by atoms with Crippen molar-refractivity contribution < 1.29 is 0 Å². The van der Waals surface area contributed by atoms with Crippen LogP contribution in [-0.2, 0) is 12.0 Å². The lowest BCUT2D eigenvalue weighted by Gasteiger charge is -2.21. The smallest absolute Gasteiger partial charge is 0.0527 e. The third-order valence-electron chi connectivity index (χ3n) is 3.46. The largest absolute Gasteiger partial charge is 0.272 e. The normalized spacial score (nSPS) is 31.0.